The van der Waals surface area contributed by atoms with E-state index in [-0.39, 0.29) is 0 Å². The quantitative estimate of drug-likeness (QED) is 0.674. The highest BCUT2D eigenvalue weighted by Gasteiger charge is 2.37. The Balaban J connectivity index is 1.47. The number of rotatable bonds is 3. The number of imidazole rings is 1. The van der Waals surface area contributed by atoms with Crippen molar-refractivity contribution >= 4 is 32.8 Å². The van der Waals surface area contributed by atoms with E-state index in [0.717, 1.165) is 28.9 Å². The number of anilines is 1. The van der Waals surface area contributed by atoms with E-state index >= 15 is 0 Å². The summed E-state index contributed by atoms with van der Waals surface area (Å²) < 4.78 is 3.26. The van der Waals surface area contributed by atoms with Crippen LogP contribution in [0.15, 0.2) is 41.0 Å². The van der Waals surface area contributed by atoms with E-state index in [2.05, 4.69) is 54.6 Å². The van der Waals surface area contributed by atoms with Crippen LogP contribution in [-0.2, 0) is 0 Å². The van der Waals surface area contributed by atoms with Gasteiger partial charge in [0.15, 0.2) is 0 Å². The van der Waals surface area contributed by atoms with Gasteiger partial charge in [-0.05, 0) is 47.0 Å². The van der Waals surface area contributed by atoms with Gasteiger partial charge >= 0.3 is 0 Å². The van der Waals surface area contributed by atoms with Gasteiger partial charge in [-0.25, -0.2) is 9.97 Å². The number of hydrogen-bond donors (Lipinski definition) is 0. The highest BCUT2D eigenvalue weighted by molar-refractivity contribution is 9.10. The van der Waals surface area contributed by atoms with Crippen molar-refractivity contribution in [1.29, 1.82) is 5.26 Å². The van der Waals surface area contributed by atoms with Gasteiger partial charge < -0.3 is 9.47 Å². The number of nitriles is 1. The first kappa shape index (κ1) is 14.9. The number of pyridine rings is 1. The molecule has 0 amide bonds. The second-order valence-electron chi connectivity index (χ2n) is 6.80. The first-order valence-electron chi connectivity index (χ1n) is 8.52. The Kier molecular flexibility index (Phi) is 3.32. The summed E-state index contributed by atoms with van der Waals surface area (Å²) in [6, 6.07) is 12.9. The van der Waals surface area contributed by atoms with Crippen LogP contribution < -0.4 is 4.90 Å². The maximum Gasteiger partial charge on any atom is 0.146 e. The molecule has 0 bridgehead atoms. The Bertz CT molecular complexity index is 1010. The van der Waals surface area contributed by atoms with Gasteiger partial charge in [-0.15, -0.1) is 0 Å². The number of benzene rings is 1. The molecule has 0 radical (unpaired) electrons. The van der Waals surface area contributed by atoms with Gasteiger partial charge in [-0.3, -0.25) is 0 Å². The zero-order valence-corrected chi connectivity index (χ0v) is 15.1. The van der Waals surface area contributed by atoms with Gasteiger partial charge in [0.1, 0.15) is 17.7 Å². The van der Waals surface area contributed by atoms with E-state index in [9.17, 15) is 5.26 Å². The molecule has 1 saturated carbocycles. The van der Waals surface area contributed by atoms with Crippen LogP contribution in [0.4, 0.5) is 5.82 Å². The molecular formula is C19H16BrN5. The molecule has 1 aliphatic heterocycles. The first-order valence-corrected chi connectivity index (χ1v) is 9.31. The van der Waals surface area contributed by atoms with Gasteiger partial charge in [-0.1, -0.05) is 12.1 Å². The molecule has 1 aliphatic carbocycles. The second-order valence-corrected chi connectivity index (χ2v) is 7.71. The smallest absolute Gasteiger partial charge is 0.146 e. The second kappa shape index (κ2) is 5.57. The van der Waals surface area contributed by atoms with Gasteiger partial charge in [0.25, 0.3) is 0 Å². The van der Waals surface area contributed by atoms with Gasteiger partial charge in [0.2, 0.25) is 0 Å². The van der Waals surface area contributed by atoms with Crippen molar-refractivity contribution in [2.75, 3.05) is 18.0 Å². The van der Waals surface area contributed by atoms with Crippen molar-refractivity contribution in [2.45, 2.75) is 24.8 Å². The highest BCUT2D eigenvalue weighted by atomic mass is 79.9. The normalized spacial score (nSPS) is 17.5. The molecule has 0 atom stereocenters. The monoisotopic (exact) mass is 393 g/mol. The largest absolute Gasteiger partial charge is 0.351 e. The Labute approximate surface area is 154 Å². The summed E-state index contributed by atoms with van der Waals surface area (Å²) >= 11 is 3.38. The average molecular weight is 394 g/mol. The predicted octanol–water partition coefficient (Wildman–Crippen LogP) is 4.00. The molecule has 0 N–H and O–H groups in total. The fourth-order valence-electron chi connectivity index (χ4n) is 3.63. The van der Waals surface area contributed by atoms with E-state index in [1.165, 1.54) is 24.2 Å². The molecule has 25 heavy (non-hydrogen) atoms. The number of halogens is 1. The fourth-order valence-corrected chi connectivity index (χ4v) is 3.97. The molecule has 3 aromatic rings. The Hall–Kier alpha value is -2.39. The van der Waals surface area contributed by atoms with Crippen LogP contribution in [0.1, 0.15) is 36.2 Å². The number of hydrogen-bond acceptors (Lipinski definition) is 4. The molecule has 5 nitrogen and oxygen atoms in total. The minimum absolute atomic E-state index is 0.389. The van der Waals surface area contributed by atoms with Gasteiger partial charge in [0.05, 0.1) is 22.6 Å². The number of nitrogens with zero attached hydrogens (tertiary/aromatic N) is 5. The molecule has 124 valence electrons. The third kappa shape index (κ3) is 2.42. The minimum Gasteiger partial charge on any atom is -0.351 e. The summed E-state index contributed by atoms with van der Waals surface area (Å²) in [6.45, 7) is 1.73. The topological polar surface area (TPSA) is 57.7 Å². The number of para-hydroxylation sites is 2. The minimum atomic E-state index is 0.389. The summed E-state index contributed by atoms with van der Waals surface area (Å²) in [6.07, 6.45) is 4.24. The van der Waals surface area contributed by atoms with Crippen molar-refractivity contribution < 1.29 is 0 Å². The molecule has 6 heteroatoms. The van der Waals surface area contributed by atoms with Gasteiger partial charge in [-0.2, -0.15) is 5.26 Å². The van der Waals surface area contributed by atoms with Crippen molar-refractivity contribution in [3.05, 3.63) is 52.4 Å². The maximum atomic E-state index is 9.38. The van der Waals surface area contributed by atoms with E-state index in [1.54, 1.807) is 6.20 Å². The van der Waals surface area contributed by atoms with E-state index < -0.39 is 0 Å². The zero-order chi connectivity index (χ0) is 17.0. The number of aromatic nitrogens is 3. The molecule has 2 aliphatic rings. The summed E-state index contributed by atoms with van der Waals surface area (Å²) in [4.78, 5) is 11.5. The van der Waals surface area contributed by atoms with E-state index in [1.807, 2.05) is 12.1 Å². The lowest BCUT2D eigenvalue weighted by Gasteiger charge is -2.42. The van der Waals surface area contributed by atoms with Crippen molar-refractivity contribution in [3.8, 4) is 6.07 Å². The Morgan fingerprint density at radius 1 is 1.20 bits per heavy atom. The molecular weight excluding hydrogens is 378 g/mol. The van der Waals surface area contributed by atoms with Crippen LogP contribution in [0, 0.1) is 11.3 Å². The van der Waals surface area contributed by atoms with Crippen LogP contribution in [0.2, 0.25) is 0 Å². The van der Waals surface area contributed by atoms with Gasteiger partial charge in [0, 0.05) is 29.7 Å². The number of fused-ring (bicyclic) bond motifs is 1. The molecule has 5 rings (SSSR count). The molecule has 2 aromatic heterocycles. The van der Waals surface area contributed by atoms with Crippen molar-refractivity contribution in [3.63, 3.8) is 0 Å². The van der Waals surface area contributed by atoms with E-state index in [0.29, 0.717) is 17.5 Å². The average Bonchev–Trinajstić information content (AvgIpc) is 3.37. The van der Waals surface area contributed by atoms with E-state index in [4.69, 9.17) is 4.98 Å². The lowest BCUT2D eigenvalue weighted by molar-refractivity contribution is 0.395. The van der Waals surface area contributed by atoms with Crippen molar-refractivity contribution in [1.82, 2.24) is 14.5 Å². The van der Waals surface area contributed by atoms with Crippen LogP contribution in [0.3, 0.4) is 0 Å². The van der Waals surface area contributed by atoms with Crippen LogP contribution in [-0.4, -0.2) is 27.6 Å². The standard InChI is InChI=1S/C19H16BrN5/c20-14-7-13(8-21)18(22-9-14)24-10-15(11-24)25-17-4-2-1-3-16(17)23-19(25)12-5-6-12/h1-4,7,9,12,15H,5-6,10-11H2. The summed E-state index contributed by atoms with van der Waals surface area (Å²) in [5.41, 5.74) is 2.92. The molecule has 3 heterocycles. The lowest BCUT2D eigenvalue weighted by Crippen LogP contribution is -2.48. The SMILES string of the molecule is N#Cc1cc(Br)cnc1N1CC(n2c(C3CC3)nc3ccccc32)C1. The molecule has 0 unspecified atom stereocenters. The van der Waals surface area contributed by atoms with Crippen LogP contribution in [0.25, 0.3) is 11.0 Å². The van der Waals surface area contributed by atoms with Crippen LogP contribution in [0.5, 0.6) is 0 Å². The third-order valence-electron chi connectivity index (χ3n) is 5.05. The Morgan fingerprint density at radius 2 is 2.00 bits per heavy atom. The maximum absolute atomic E-state index is 9.38. The lowest BCUT2D eigenvalue weighted by atomic mass is 10.1. The summed E-state index contributed by atoms with van der Waals surface area (Å²) in [5.74, 6) is 2.62. The zero-order valence-electron chi connectivity index (χ0n) is 13.6. The highest BCUT2D eigenvalue weighted by Crippen LogP contribution is 2.43. The van der Waals surface area contributed by atoms with Crippen molar-refractivity contribution in [2.24, 2.45) is 0 Å². The summed E-state index contributed by atoms with van der Waals surface area (Å²) in [5, 5.41) is 9.38. The predicted molar refractivity (Wildman–Crippen MR) is 99.6 cm³/mol. The molecule has 1 aromatic carbocycles. The van der Waals surface area contributed by atoms with Crippen LogP contribution >= 0.6 is 15.9 Å². The third-order valence-corrected chi connectivity index (χ3v) is 5.48. The molecule has 2 fully saturated rings. The summed E-state index contributed by atoms with van der Waals surface area (Å²) in [7, 11) is 0. The first-order chi connectivity index (χ1) is 12.2. The molecule has 1 saturated heterocycles. The Morgan fingerprint density at radius 3 is 2.76 bits per heavy atom. The molecule has 0 spiro atoms. The fraction of sp³-hybridized carbons (Fsp3) is 0.316.